The molecule has 6 heteroatoms. The second-order valence-electron chi connectivity index (χ2n) is 3.13. The van der Waals surface area contributed by atoms with E-state index in [1.54, 1.807) is 14.0 Å². The van der Waals surface area contributed by atoms with Gasteiger partial charge in [-0.3, -0.25) is 4.68 Å². The third kappa shape index (κ3) is 2.68. The molecule has 0 aliphatic heterocycles. The molecule has 0 spiro atoms. The molecule has 0 aromatic carbocycles. The molecule has 78 valence electrons. The molecule has 0 aliphatic carbocycles. The minimum absolute atomic E-state index is 0.168. The van der Waals surface area contributed by atoms with Crippen LogP contribution >= 0.6 is 0 Å². The van der Waals surface area contributed by atoms with Crippen molar-refractivity contribution < 1.29 is 8.42 Å². The van der Waals surface area contributed by atoms with E-state index < -0.39 is 10.0 Å². The van der Waals surface area contributed by atoms with Crippen LogP contribution < -0.4 is 4.72 Å². The van der Waals surface area contributed by atoms with Gasteiger partial charge in [-0.25, -0.2) is 13.1 Å². The third-order valence-electron chi connectivity index (χ3n) is 1.56. The Balaban J connectivity index is 2.81. The summed E-state index contributed by atoms with van der Waals surface area (Å²) in [6, 6.07) is 0. The predicted octanol–water partition coefficient (Wildman–Crippen LogP) is 0.274. The van der Waals surface area contributed by atoms with Gasteiger partial charge in [0.25, 0.3) is 0 Å². The van der Waals surface area contributed by atoms with Gasteiger partial charge in [-0.05, 0) is 6.92 Å². The molecule has 0 bridgehead atoms. The monoisotopic (exact) mass is 215 g/mol. The van der Waals surface area contributed by atoms with Gasteiger partial charge < -0.3 is 0 Å². The maximum atomic E-state index is 11.5. The van der Waals surface area contributed by atoms with Gasteiger partial charge in [0.15, 0.2) is 0 Å². The fourth-order valence-corrected chi connectivity index (χ4v) is 1.92. The van der Waals surface area contributed by atoms with Crippen LogP contribution in [0.1, 0.15) is 6.92 Å². The van der Waals surface area contributed by atoms with E-state index >= 15 is 0 Å². The summed E-state index contributed by atoms with van der Waals surface area (Å²) >= 11 is 0. The zero-order valence-corrected chi connectivity index (χ0v) is 9.00. The Morgan fingerprint density at radius 2 is 2.36 bits per heavy atom. The highest BCUT2D eigenvalue weighted by atomic mass is 32.2. The van der Waals surface area contributed by atoms with Crippen molar-refractivity contribution in [2.24, 2.45) is 7.05 Å². The van der Waals surface area contributed by atoms with Crippen LogP contribution in [0.4, 0.5) is 0 Å². The van der Waals surface area contributed by atoms with Gasteiger partial charge in [0, 0.05) is 19.8 Å². The maximum absolute atomic E-state index is 11.5. The number of aryl methyl sites for hydroxylation is 1. The first kappa shape index (κ1) is 10.9. The quantitative estimate of drug-likeness (QED) is 0.733. The van der Waals surface area contributed by atoms with Crippen molar-refractivity contribution in [1.82, 2.24) is 14.5 Å². The van der Waals surface area contributed by atoms with Crippen molar-refractivity contribution in [3.63, 3.8) is 0 Å². The van der Waals surface area contributed by atoms with Crippen LogP contribution in [-0.2, 0) is 17.1 Å². The molecule has 0 saturated carbocycles. The van der Waals surface area contributed by atoms with Gasteiger partial charge >= 0.3 is 0 Å². The number of nitrogens with zero attached hydrogens (tertiary/aromatic N) is 2. The molecular formula is C8H13N3O2S. The molecule has 0 radical (unpaired) electrons. The first-order valence-electron chi connectivity index (χ1n) is 4.04. The molecular weight excluding hydrogens is 202 g/mol. The maximum Gasteiger partial charge on any atom is 0.243 e. The molecule has 1 aromatic rings. The molecule has 1 heterocycles. The molecule has 0 atom stereocenters. The minimum Gasteiger partial charge on any atom is -0.274 e. The summed E-state index contributed by atoms with van der Waals surface area (Å²) in [5.41, 5.74) is 0.762. The molecule has 1 N–H and O–H groups in total. The van der Waals surface area contributed by atoms with Gasteiger partial charge in [0.2, 0.25) is 10.0 Å². The second-order valence-corrected chi connectivity index (χ2v) is 4.90. The smallest absolute Gasteiger partial charge is 0.243 e. The highest BCUT2D eigenvalue weighted by molar-refractivity contribution is 7.89. The van der Waals surface area contributed by atoms with E-state index in [1.165, 1.54) is 17.1 Å². The van der Waals surface area contributed by atoms with Crippen LogP contribution in [0.25, 0.3) is 0 Å². The lowest BCUT2D eigenvalue weighted by Crippen LogP contribution is -2.24. The average Bonchev–Trinajstić information content (AvgIpc) is 2.49. The Hall–Kier alpha value is -1.14. The molecule has 0 aliphatic rings. The van der Waals surface area contributed by atoms with Crippen molar-refractivity contribution in [3.8, 4) is 0 Å². The summed E-state index contributed by atoms with van der Waals surface area (Å²) in [6.07, 6.45) is 2.75. The van der Waals surface area contributed by atoms with Crippen molar-refractivity contribution in [3.05, 3.63) is 24.5 Å². The van der Waals surface area contributed by atoms with Crippen molar-refractivity contribution in [2.75, 3.05) is 6.54 Å². The topological polar surface area (TPSA) is 64.0 Å². The minimum atomic E-state index is -3.43. The lowest BCUT2D eigenvalue weighted by atomic mass is 10.4. The Kier molecular flexibility index (Phi) is 3.07. The van der Waals surface area contributed by atoms with E-state index in [2.05, 4.69) is 16.4 Å². The number of nitrogens with one attached hydrogen (secondary N) is 1. The molecule has 0 unspecified atom stereocenters. The van der Waals surface area contributed by atoms with Gasteiger partial charge in [-0.15, -0.1) is 0 Å². The third-order valence-corrected chi connectivity index (χ3v) is 2.91. The number of aromatic nitrogens is 2. The SMILES string of the molecule is C=C(C)CNS(=O)(=O)c1cnn(C)c1. The van der Waals surface area contributed by atoms with Gasteiger partial charge in [0.1, 0.15) is 4.90 Å². The Bertz CT molecular complexity index is 433. The molecule has 1 aromatic heterocycles. The van der Waals surface area contributed by atoms with Crippen LogP contribution in [0, 0.1) is 0 Å². The first-order valence-corrected chi connectivity index (χ1v) is 5.53. The van der Waals surface area contributed by atoms with Crippen LogP contribution in [0.3, 0.4) is 0 Å². The first-order chi connectivity index (χ1) is 6.42. The fraction of sp³-hybridized carbons (Fsp3) is 0.375. The molecule has 1 rings (SSSR count). The van der Waals surface area contributed by atoms with Crippen molar-refractivity contribution in [2.45, 2.75) is 11.8 Å². The van der Waals surface area contributed by atoms with Crippen LogP contribution in [0.5, 0.6) is 0 Å². The van der Waals surface area contributed by atoms with E-state index in [-0.39, 0.29) is 11.4 Å². The number of sulfonamides is 1. The normalized spacial score (nSPS) is 11.6. The standard InChI is InChI=1S/C8H13N3O2S/c1-7(2)4-10-14(12,13)8-5-9-11(3)6-8/h5-6,10H,1,4H2,2-3H3. The van der Waals surface area contributed by atoms with Crippen LogP contribution in [0.15, 0.2) is 29.4 Å². The lowest BCUT2D eigenvalue weighted by Gasteiger charge is -2.02. The summed E-state index contributed by atoms with van der Waals surface area (Å²) in [6.45, 7) is 5.61. The van der Waals surface area contributed by atoms with E-state index in [4.69, 9.17) is 0 Å². The van der Waals surface area contributed by atoms with Crippen LogP contribution in [0.2, 0.25) is 0 Å². The van der Waals surface area contributed by atoms with Crippen molar-refractivity contribution >= 4 is 10.0 Å². The Morgan fingerprint density at radius 1 is 1.71 bits per heavy atom. The highest BCUT2D eigenvalue weighted by Gasteiger charge is 2.14. The molecule has 0 amide bonds. The zero-order chi connectivity index (χ0) is 10.8. The number of rotatable bonds is 4. The number of hydrogen-bond acceptors (Lipinski definition) is 3. The van der Waals surface area contributed by atoms with E-state index in [0.717, 1.165) is 5.57 Å². The summed E-state index contributed by atoms with van der Waals surface area (Å²) in [7, 11) is -1.76. The van der Waals surface area contributed by atoms with Gasteiger partial charge in [0.05, 0.1) is 6.20 Å². The van der Waals surface area contributed by atoms with Gasteiger partial charge in [-0.2, -0.15) is 5.10 Å². The van der Waals surface area contributed by atoms with E-state index in [0.29, 0.717) is 0 Å². The van der Waals surface area contributed by atoms with Crippen molar-refractivity contribution in [1.29, 1.82) is 0 Å². The lowest BCUT2D eigenvalue weighted by molar-refractivity contribution is 0.584. The summed E-state index contributed by atoms with van der Waals surface area (Å²) in [5.74, 6) is 0. The highest BCUT2D eigenvalue weighted by Crippen LogP contribution is 2.05. The fourth-order valence-electron chi connectivity index (χ4n) is 0.839. The van der Waals surface area contributed by atoms with Crippen LogP contribution in [-0.4, -0.2) is 24.7 Å². The largest absolute Gasteiger partial charge is 0.274 e. The second kappa shape index (κ2) is 3.93. The Morgan fingerprint density at radius 3 is 2.79 bits per heavy atom. The zero-order valence-electron chi connectivity index (χ0n) is 8.19. The molecule has 0 fully saturated rings. The summed E-state index contributed by atoms with van der Waals surface area (Å²) < 4.78 is 26.9. The van der Waals surface area contributed by atoms with Gasteiger partial charge in [-0.1, -0.05) is 12.2 Å². The number of hydrogen-bond donors (Lipinski definition) is 1. The predicted molar refractivity (Wildman–Crippen MR) is 53.2 cm³/mol. The average molecular weight is 215 g/mol. The molecule has 5 nitrogen and oxygen atoms in total. The molecule has 0 saturated heterocycles. The summed E-state index contributed by atoms with van der Waals surface area (Å²) in [4.78, 5) is 0.168. The summed E-state index contributed by atoms with van der Waals surface area (Å²) in [5, 5.41) is 3.79. The molecule has 14 heavy (non-hydrogen) atoms. The Labute approximate surface area is 83.5 Å². The van der Waals surface area contributed by atoms with E-state index in [1.807, 2.05) is 0 Å². The van der Waals surface area contributed by atoms with E-state index in [9.17, 15) is 8.42 Å².